The third-order valence-corrected chi connectivity index (χ3v) is 23.1. The molecule has 11 nitrogen and oxygen atoms in total. The lowest BCUT2D eigenvalue weighted by Crippen LogP contribution is -2.47. The minimum Gasteiger partial charge on any atom is -0.497 e. The number of hydrogen-bond acceptors (Lipinski definition) is 6. The summed E-state index contributed by atoms with van der Waals surface area (Å²) in [6, 6.07) is 90.0. The minimum atomic E-state index is -0.403. The second-order valence-electron chi connectivity index (χ2n) is 30.7. The van der Waals surface area contributed by atoms with Crippen molar-refractivity contribution in [3.63, 3.8) is 0 Å². The van der Waals surface area contributed by atoms with Crippen LogP contribution in [0, 0.1) is 20.8 Å². The van der Waals surface area contributed by atoms with Crippen molar-refractivity contribution in [2.45, 2.75) is 143 Å². The molecular weight excluding hydrogens is 1500 g/mol. The molecule has 5 unspecified atom stereocenters. The molecule has 566 valence electrons. The summed E-state index contributed by atoms with van der Waals surface area (Å²) in [5.41, 5.74) is 21.7. The smallest absolute Gasteiger partial charge is 0.247 e. The zero-order valence-corrected chi connectivity index (χ0v) is 68.9. The van der Waals surface area contributed by atoms with Crippen LogP contribution in [0.2, 0.25) is 0 Å². The van der Waals surface area contributed by atoms with Gasteiger partial charge in [0.1, 0.15) is 5.75 Å². The van der Waals surface area contributed by atoms with Crippen molar-refractivity contribution in [3.05, 3.63) is 377 Å². The van der Waals surface area contributed by atoms with Gasteiger partial charge in [0.25, 0.3) is 0 Å². The van der Waals surface area contributed by atoms with Crippen LogP contribution < -0.4 is 31.3 Å². The maximum absolute atomic E-state index is 12.6. The van der Waals surface area contributed by atoms with Crippen molar-refractivity contribution < 1.29 is 28.7 Å². The molecule has 15 rings (SSSR count). The van der Waals surface area contributed by atoms with Gasteiger partial charge in [-0.1, -0.05) is 279 Å². The van der Waals surface area contributed by atoms with Crippen LogP contribution >= 0.6 is 31.9 Å². The molecule has 0 saturated heterocycles. The molecule has 0 bridgehead atoms. The van der Waals surface area contributed by atoms with Crippen molar-refractivity contribution >= 4 is 89.3 Å². The molecule has 0 aliphatic carbocycles. The predicted molar refractivity (Wildman–Crippen MR) is 459 cm³/mol. The van der Waals surface area contributed by atoms with Crippen LogP contribution in [0.15, 0.2) is 304 Å². The number of halogens is 2. The zero-order valence-electron chi connectivity index (χ0n) is 65.7. The van der Waals surface area contributed by atoms with Gasteiger partial charge in [0, 0.05) is 69.4 Å². The lowest BCUT2D eigenvalue weighted by atomic mass is 9.78. The van der Waals surface area contributed by atoms with E-state index >= 15 is 0 Å². The highest BCUT2D eigenvalue weighted by Crippen LogP contribution is 2.44. The van der Waals surface area contributed by atoms with Crippen LogP contribution in [0.5, 0.6) is 5.75 Å². The number of aryl methyl sites for hydroxylation is 3. The first kappa shape index (κ1) is 81.0. The fraction of sp³-hybridized carbons (Fsp3) is 0.235. The van der Waals surface area contributed by atoms with Gasteiger partial charge >= 0.3 is 0 Å². The van der Waals surface area contributed by atoms with Crippen molar-refractivity contribution in [1.29, 1.82) is 0 Å². The van der Waals surface area contributed by atoms with Gasteiger partial charge in [0.15, 0.2) is 0 Å². The van der Waals surface area contributed by atoms with E-state index in [1.165, 1.54) is 16.7 Å². The fourth-order valence-electron chi connectivity index (χ4n) is 15.1. The summed E-state index contributed by atoms with van der Waals surface area (Å²) in [7, 11) is 1.65. The van der Waals surface area contributed by atoms with E-state index in [-0.39, 0.29) is 46.2 Å². The Labute approximate surface area is 672 Å². The van der Waals surface area contributed by atoms with Gasteiger partial charge in [-0.05, 0) is 203 Å². The van der Waals surface area contributed by atoms with Crippen molar-refractivity contribution in [2.24, 2.45) is 0 Å². The molecule has 5 N–H and O–H groups in total. The first-order chi connectivity index (χ1) is 53.0. The Balaban J connectivity index is 0.000000138. The summed E-state index contributed by atoms with van der Waals surface area (Å²) < 4.78 is 7.30. The van der Waals surface area contributed by atoms with E-state index in [1.807, 2.05) is 149 Å². The monoisotopic (exact) mass is 1600 g/mol. The van der Waals surface area contributed by atoms with Gasteiger partial charge < -0.3 is 31.3 Å². The molecular formula is C98H99Br2N5O6. The number of hydrogen-bond donors (Lipinski definition) is 5. The molecule has 0 radical (unpaired) electrons. The number of benzene rings is 10. The Morgan fingerprint density at radius 2 is 0.523 bits per heavy atom. The fourth-order valence-corrected chi connectivity index (χ4v) is 15.6. The van der Waals surface area contributed by atoms with Crippen LogP contribution in [-0.4, -0.2) is 36.6 Å². The van der Waals surface area contributed by atoms with Gasteiger partial charge in [-0.25, -0.2) is 0 Å². The summed E-state index contributed by atoms with van der Waals surface area (Å²) in [5.74, 6) is 0.830. The number of nitrogens with one attached hydrogen (secondary N) is 5. The number of rotatable bonds is 11. The lowest BCUT2D eigenvalue weighted by molar-refractivity contribution is -0.120. The van der Waals surface area contributed by atoms with Gasteiger partial charge in [-0.15, -0.1) is 0 Å². The van der Waals surface area contributed by atoms with E-state index in [4.69, 9.17) is 4.74 Å². The van der Waals surface area contributed by atoms with Crippen molar-refractivity contribution in [2.75, 3.05) is 7.11 Å². The van der Waals surface area contributed by atoms with E-state index in [1.54, 1.807) is 13.2 Å². The van der Waals surface area contributed by atoms with Crippen molar-refractivity contribution in [1.82, 2.24) is 26.6 Å². The first-order valence-corrected chi connectivity index (χ1v) is 39.3. The molecule has 0 saturated carbocycles. The maximum Gasteiger partial charge on any atom is 0.247 e. The molecule has 5 aliphatic rings. The quantitative estimate of drug-likeness (QED) is 0.0869. The Morgan fingerprint density at radius 1 is 0.279 bits per heavy atom. The minimum absolute atomic E-state index is 0.000382. The molecule has 0 aromatic heterocycles. The summed E-state index contributed by atoms with van der Waals surface area (Å²) in [5, 5.41) is 15.8. The molecule has 5 heterocycles. The topological polar surface area (TPSA) is 155 Å². The highest BCUT2D eigenvalue weighted by molar-refractivity contribution is 9.10. The summed E-state index contributed by atoms with van der Waals surface area (Å²) in [4.78, 5) is 62.1. The second-order valence-corrected chi connectivity index (χ2v) is 32.6. The largest absolute Gasteiger partial charge is 0.497 e. The van der Waals surface area contributed by atoms with Gasteiger partial charge in [0.2, 0.25) is 29.5 Å². The Kier molecular flexibility index (Phi) is 25.5. The summed E-state index contributed by atoms with van der Waals surface area (Å²) in [6.07, 6.45) is 5.65. The highest BCUT2D eigenvalue weighted by atomic mass is 79.9. The summed E-state index contributed by atoms with van der Waals surface area (Å²) >= 11 is 6.93. The van der Waals surface area contributed by atoms with Gasteiger partial charge in [0.05, 0.1) is 34.8 Å². The second kappa shape index (κ2) is 34.9. The van der Waals surface area contributed by atoms with Crippen LogP contribution in [-0.2, 0) is 51.7 Å². The standard InChI is InChI=1S/C21H23NO2.C21H23NO.C19H17Br2NO.C19H19NO.C18H17NO/c1-14-5-9-17(10-6-14)21(3)13-19(15(2)20(23)22-21)16-7-11-18(24-4)12-8-16;1-14-5-9-17(10-6-14)19-13-21(4,22-20(23)16(19)3)18-11-7-15(2)8-12-18;1-12-17(13-3-7-15(20)8-4-13)11-19(2,22-18(12)23)14-5-9-16(21)10-6-14;1-14-17(15-9-5-3-6-10-15)13-19(2,20-18(14)21)16-11-7-4-8-12-16;1-18(16-10-6-3-7-11-16)13-15(12-17(20)19-18)14-8-4-2-5-9-14/h5-12H,13H2,1-4H3,(H,22,23);5-12H,13H2,1-4H3,(H,22,23);3-10H,11H2,1-2H3,(H,22,23);3-12H,13H2,1-2H3,(H,20,21);2-12H,13H2,1H3,(H,19,20). The summed E-state index contributed by atoms with van der Waals surface area (Å²) in [6.45, 7) is 24.3. The Bertz CT molecular complexity index is 5060. The Hall–Kier alpha value is -11.0. The zero-order chi connectivity index (χ0) is 79.4. The molecule has 5 aliphatic heterocycles. The van der Waals surface area contributed by atoms with Gasteiger partial charge in [-0.2, -0.15) is 0 Å². The third-order valence-electron chi connectivity index (χ3n) is 22.1. The number of amides is 5. The van der Waals surface area contributed by atoms with E-state index in [9.17, 15) is 24.0 Å². The molecule has 0 fully saturated rings. The lowest BCUT2D eigenvalue weighted by Gasteiger charge is -2.37. The van der Waals surface area contributed by atoms with Crippen LogP contribution in [0.25, 0.3) is 27.9 Å². The third kappa shape index (κ3) is 19.4. The van der Waals surface area contributed by atoms with E-state index in [0.717, 1.165) is 153 Å². The molecule has 13 heteroatoms. The predicted octanol–water partition coefficient (Wildman–Crippen LogP) is 21.5. The molecule has 5 atom stereocenters. The normalized spacial score (nSPS) is 21.5. The number of methoxy groups -OCH3 is 1. The first-order valence-electron chi connectivity index (χ1n) is 37.7. The van der Waals surface area contributed by atoms with Crippen molar-refractivity contribution in [3.8, 4) is 5.75 Å². The number of carbonyl (C=O) groups is 5. The average Bonchev–Trinajstić information content (AvgIpc) is 0.788. The van der Waals surface area contributed by atoms with E-state index in [2.05, 4.69) is 259 Å². The van der Waals surface area contributed by atoms with E-state index < -0.39 is 11.1 Å². The molecule has 111 heavy (non-hydrogen) atoms. The van der Waals surface area contributed by atoms with Crippen LogP contribution in [0.4, 0.5) is 0 Å². The number of carbonyl (C=O) groups excluding carboxylic acids is 5. The molecule has 10 aromatic carbocycles. The highest BCUT2D eigenvalue weighted by Gasteiger charge is 2.40. The maximum atomic E-state index is 12.6. The average molecular weight is 1600 g/mol. The molecule has 10 aromatic rings. The molecule has 0 spiro atoms. The van der Waals surface area contributed by atoms with Crippen LogP contribution in [0.3, 0.4) is 0 Å². The SMILES string of the molecule is CC1(c2ccccc2)CC(c2ccccc2)=CC(=O)N1.CC1=C(c2ccc(Br)cc2)CC(C)(c2ccc(Br)cc2)NC1=O.CC1=C(c2ccc(C)cc2)CC(C)(c2ccc(C)cc2)NC1=O.CC1=C(c2ccccc2)CC(C)(c2ccccc2)NC1=O.COc1ccc(C2=C(C)C(=O)NC(C)(c3ccc(C)cc3)C2)cc1. The molecule has 5 amide bonds. The Morgan fingerprint density at radius 3 is 0.847 bits per heavy atom. The number of ether oxygens (including phenoxy) is 1. The van der Waals surface area contributed by atoms with E-state index in [0.29, 0.717) is 0 Å². The van der Waals surface area contributed by atoms with Gasteiger partial charge in [-0.3, -0.25) is 24.0 Å². The van der Waals surface area contributed by atoms with Crippen LogP contribution in [0.1, 0.15) is 167 Å².